The predicted molar refractivity (Wildman–Crippen MR) is 115 cm³/mol. The van der Waals surface area contributed by atoms with Gasteiger partial charge in [-0.1, -0.05) is 47.7 Å². The van der Waals surface area contributed by atoms with E-state index in [1.807, 2.05) is 30.3 Å². The number of rotatable bonds is 6. The first-order valence-electron chi connectivity index (χ1n) is 8.60. The lowest BCUT2D eigenvalue weighted by atomic mass is 10.2. The van der Waals surface area contributed by atoms with Crippen LogP contribution in [0.25, 0.3) is 11.3 Å². The Labute approximate surface area is 176 Å². The molecule has 0 spiro atoms. The lowest BCUT2D eigenvalue weighted by Gasteiger charge is -2.09. The summed E-state index contributed by atoms with van der Waals surface area (Å²) < 4.78 is 29.0. The summed E-state index contributed by atoms with van der Waals surface area (Å²) >= 11 is 1.20. The number of sulfonamides is 1. The zero-order valence-corrected chi connectivity index (χ0v) is 17.0. The van der Waals surface area contributed by atoms with E-state index in [2.05, 4.69) is 20.3 Å². The van der Waals surface area contributed by atoms with Gasteiger partial charge in [0.2, 0.25) is 21.0 Å². The molecule has 0 saturated carbocycles. The lowest BCUT2D eigenvalue weighted by Crippen LogP contribution is -2.12. The average molecular weight is 441 g/mol. The molecule has 4 rings (SSSR count). The largest absolute Gasteiger partial charge is 0.426 e. The number of anilines is 3. The van der Waals surface area contributed by atoms with Gasteiger partial charge in [-0.05, 0) is 18.2 Å². The fourth-order valence-electron chi connectivity index (χ4n) is 2.63. The highest BCUT2D eigenvalue weighted by molar-refractivity contribution is 7.89. The molecule has 2 aromatic heterocycles. The summed E-state index contributed by atoms with van der Waals surface area (Å²) in [6.07, 6.45) is 1.33. The van der Waals surface area contributed by atoms with Gasteiger partial charge in [0.15, 0.2) is 5.13 Å². The fraction of sp³-hybridized carbons (Fsp3) is 0. The molecule has 0 radical (unpaired) electrons. The molecule has 152 valence electrons. The van der Waals surface area contributed by atoms with Crippen LogP contribution in [-0.2, 0) is 10.0 Å². The molecule has 0 atom stereocenters. The van der Waals surface area contributed by atoms with Crippen LogP contribution in [0.2, 0.25) is 0 Å². The van der Waals surface area contributed by atoms with Gasteiger partial charge in [-0.15, -0.1) is 0 Å². The van der Waals surface area contributed by atoms with Gasteiger partial charge in [-0.3, -0.25) is 0 Å². The fourth-order valence-corrected chi connectivity index (χ4v) is 3.90. The topological polar surface area (TPSA) is 146 Å². The van der Waals surface area contributed by atoms with Crippen LogP contribution < -0.4 is 20.9 Å². The first-order valence-corrected chi connectivity index (χ1v) is 11.0. The van der Waals surface area contributed by atoms with E-state index in [0.717, 1.165) is 5.56 Å². The number of nitrogen functional groups attached to an aromatic ring is 1. The Hall–Kier alpha value is -3.54. The average Bonchev–Trinajstić information content (AvgIpc) is 3.08. The number of benzene rings is 2. The van der Waals surface area contributed by atoms with Gasteiger partial charge in [0.25, 0.3) is 0 Å². The zero-order chi connectivity index (χ0) is 21.1. The van der Waals surface area contributed by atoms with Crippen LogP contribution >= 0.6 is 11.3 Å². The summed E-state index contributed by atoms with van der Waals surface area (Å²) in [7, 11) is -3.81. The van der Waals surface area contributed by atoms with Crippen molar-refractivity contribution in [2.45, 2.75) is 4.90 Å². The minimum Gasteiger partial charge on any atom is -0.426 e. The highest BCUT2D eigenvalue weighted by atomic mass is 32.2. The molecule has 30 heavy (non-hydrogen) atoms. The Kier molecular flexibility index (Phi) is 5.31. The van der Waals surface area contributed by atoms with Gasteiger partial charge in [-0.2, -0.15) is 0 Å². The molecule has 5 N–H and O–H groups in total. The third-order valence-corrected chi connectivity index (χ3v) is 5.61. The molecule has 0 fully saturated rings. The third-order valence-electron chi connectivity index (χ3n) is 3.93. The van der Waals surface area contributed by atoms with E-state index in [4.69, 9.17) is 15.6 Å². The van der Waals surface area contributed by atoms with E-state index in [9.17, 15) is 8.42 Å². The molecule has 0 aliphatic rings. The van der Waals surface area contributed by atoms with Crippen LogP contribution in [0, 0.1) is 0 Å². The quantitative estimate of drug-likeness (QED) is 0.414. The highest BCUT2D eigenvalue weighted by Crippen LogP contribution is 2.39. The second-order valence-electron chi connectivity index (χ2n) is 6.10. The summed E-state index contributed by atoms with van der Waals surface area (Å²) in [5.74, 6) is 0.682. The van der Waals surface area contributed by atoms with Gasteiger partial charge in [0, 0.05) is 17.3 Å². The Balaban J connectivity index is 1.59. The maximum absolute atomic E-state index is 11.5. The van der Waals surface area contributed by atoms with Gasteiger partial charge in [-0.25, -0.2) is 28.5 Å². The molecule has 2 heterocycles. The molecule has 0 unspecified atom stereocenters. The highest BCUT2D eigenvalue weighted by Gasteiger charge is 2.15. The Morgan fingerprint density at radius 1 is 1.00 bits per heavy atom. The molecular formula is C19H16N6O3S2. The van der Waals surface area contributed by atoms with E-state index >= 15 is 0 Å². The summed E-state index contributed by atoms with van der Waals surface area (Å²) in [4.78, 5) is 12.6. The Bertz CT molecular complexity index is 1290. The number of nitrogens with one attached hydrogen (secondary N) is 1. The summed E-state index contributed by atoms with van der Waals surface area (Å²) in [6.45, 7) is 0. The molecule has 9 nitrogen and oxygen atoms in total. The number of nitrogens with zero attached hydrogens (tertiary/aromatic N) is 3. The summed E-state index contributed by atoms with van der Waals surface area (Å²) in [5, 5.41) is 9.05. The number of primary sulfonamides is 1. The lowest BCUT2D eigenvalue weighted by molar-refractivity contribution is 0.475. The number of ether oxygens (including phenoxy) is 1. The number of thiazole rings is 1. The predicted octanol–water partition coefficient (Wildman–Crippen LogP) is 3.37. The molecule has 0 amide bonds. The van der Waals surface area contributed by atoms with Gasteiger partial charge in [0.05, 0.1) is 4.90 Å². The van der Waals surface area contributed by atoms with E-state index in [1.165, 1.54) is 29.8 Å². The number of aromatic nitrogens is 3. The van der Waals surface area contributed by atoms with E-state index in [1.54, 1.807) is 18.2 Å². The van der Waals surface area contributed by atoms with Gasteiger partial charge >= 0.3 is 0 Å². The minimum atomic E-state index is -3.81. The number of hydrogen-bond acceptors (Lipinski definition) is 9. The van der Waals surface area contributed by atoms with Crippen LogP contribution in [0.15, 0.2) is 71.9 Å². The summed E-state index contributed by atoms with van der Waals surface area (Å²) in [6, 6.07) is 17.2. The van der Waals surface area contributed by atoms with E-state index < -0.39 is 10.0 Å². The molecule has 0 aliphatic heterocycles. The second kappa shape index (κ2) is 8.06. The number of hydrogen-bond donors (Lipinski definition) is 3. The first kappa shape index (κ1) is 19.8. The standard InChI is InChI=1S/C19H16N6O3S2/c20-19-25-17(12-5-2-1-3-6-12)18(29-19)28-16-10-15(22-11-23-16)24-13-7-4-8-14(9-13)30(21,26)27/h1-11H,(H2,20,25)(H2,21,26,27)(H,22,23,24). The van der Waals surface area contributed by atoms with E-state index in [-0.39, 0.29) is 10.8 Å². The molecular weight excluding hydrogens is 424 g/mol. The first-order chi connectivity index (χ1) is 14.4. The molecule has 4 aromatic rings. The second-order valence-corrected chi connectivity index (χ2v) is 8.65. The van der Waals surface area contributed by atoms with Crippen molar-refractivity contribution in [2.75, 3.05) is 11.1 Å². The summed E-state index contributed by atoms with van der Waals surface area (Å²) in [5.41, 5.74) is 7.86. The van der Waals surface area contributed by atoms with Gasteiger partial charge < -0.3 is 15.8 Å². The van der Waals surface area contributed by atoms with Crippen molar-refractivity contribution < 1.29 is 13.2 Å². The van der Waals surface area contributed by atoms with Crippen LogP contribution in [0.4, 0.5) is 16.6 Å². The van der Waals surface area contributed by atoms with Crippen molar-refractivity contribution in [3.8, 4) is 22.2 Å². The van der Waals surface area contributed by atoms with Crippen molar-refractivity contribution >= 4 is 38.0 Å². The van der Waals surface area contributed by atoms with Crippen molar-refractivity contribution in [2.24, 2.45) is 5.14 Å². The van der Waals surface area contributed by atoms with Gasteiger partial charge in [0.1, 0.15) is 17.8 Å². The molecule has 2 aromatic carbocycles. The van der Waals surface area contributed by atoms with Crippen LogP contribution in [0.3, 0.4) is 0 Å². The normalized spacial score (nSPS) is 11.2. The SMILES string of the molecule is Nc1nc(-c2ccccc2)c(Oc2cc(Nc3cccc(S(N)(=O)=O)c3)ncn2)s1. The minimum absolute atomic E-state index is 0.00864. The number of nitrogens with two attached hydrogens (primary N) is 2. The molecule has 0 aliphatic carbocycles. The van der Waals surface area contributed by atoms with Crippen molar-refractivity contribution in [3.63, 3.8) is 0 Å². The zero-order valence-electron chi connectivity index (χ0n) is 15.4. The molecule has 0 saturated heterocycles. The van der Waals surface area contributed by atoms with Crippen LogP contribution in [0.5, 0.6) is 10.9 Å². The van der Waals surface area contributed by atoms with Crippen molar-refractivity contribution in [1.29, 1.82) is 0 Å². The Morgan fingerprint density at radius 3 is 2.57 bits per heavy atom. The van der Waals surface area contributed by atoms with Crippen molar-refractivity contribution in [1.82, 2.24) is 15.0 Å². The maximum Gasteiger partial charge on any atom is 0.238 e. The van der Waals surface area contributed by atoms with Crippen LogP contribution in [0.1, 0.15) is 0 Å². The Morgan fingerprint density at radius 2 is 1.80 bits per heavy atom. The molecule has 0 bridgehead atoms. The van der Waals surface area contributed by atoms with Crippen molar-refractivity contribution in [3.05, 3.63) is 67.0 Å². The molecule has 11 heteroatoms. The smallest absolute Gasteiger partial charge is 0.238 e. The monoisotopic (exact) mass is 440 g/mol. The van der Waals surface area contributed by atoms with E-state index in [0.29, 0.717) is 27.4 Å². The maximum atomic E-state index is 11.5. The van der Waals surface area contributed by atoms with Crippen LogP contribution in [-0.4, -0.2) is 23.4 Å². The third kappa shape index (κ3) is 4.54.